The van der Waals surface area contributed by atoms with Gasteiger partial charge in [-0.2, -0.15) is 5.10 Å². The van der Waals surface area contributed by atoms with Crippen LogP contribution in [0.5, 0.6) is 0 Å². The number of hydrogen-bond acceptors (Lipinski definition) is 5. The van der Waals surface area contributed by atoms with E-state index in [9.17, 15) is 19.3 Å². The Labute approximate surface area is 182 Å². The first-order valence-corrected chi connectivity index (χ1v) is 9.67. The average molecular weight is 428 g/mol. The molecule has 0 radical (unpaired) electrons. The molecule has 32 heavy (non-hydrogen) atoms. The van der Waals surface area contributed by atoms with Gasteiger partial charge in [-0.3, -0.25) is 14.9 Å². The number of para-hydroxylation sites is 1. The van der Waals surface area contributed by atoms with Crippen LogP contribution in [0.4, 0.5) is 10.1 Å². The van der Waals surface area contributed by atoms with Gasteiger partial charge in [0, 0.05) is 28.6 Å². The number of amides is 1. The van der Waals surface area contributed by atoms with Crippen LogP contribution in [0.25, 0.3) is 22.2 Å². The maximum atomic E-state index is 13.3. The number of non-ortho nitro benzene ring substituents is 1. The van der Waals surface area contributed by atoms with Gasteiger partial charge in [0.25, 0.3) is 11.6 Å². The SMILES string of the molecule is CC(=NNC(=O)c1cc(-c2ccc(F)cc2)nc2ccccc12)c1cccc([N+](=O)[O-])c1. The molecule has 0 unspecified atom stereocenters. The molecule has 1 N–H and O–H groups in total. The van der Waals surface area contributed by atoms with Gasteiger partial charge >= 0.3 is 0 Å². The molecule has 1 amide bonds. The van der Waals surface area contributed by atoms with Crippen LogP contribution in [0.15, 0.2) is 84.0 Å². The predicted molar refractivity (Wildman–Crippen MR) is 120 cm³/mol. The van der Waals surface area contributed by atoms with Gasteiger partial charge in [-0.25, -0.2) is 14.8 Å². The number of benzene rings is 3. The molecule has 0 aliphatic heterocycles. The molecule has 0 atom stereocenters. The van der Waals surface area contributed by atoms with Gasteiger partial charge in [0.15, 0.2) is 0 Å². The summed E-state index contributed by atoms with van der Waals surface area (Å²) in [6.07, 6.45) is 0. The van der Waals surface area contributed by atoms with Gasteiger partial charge in [0.05, 0.1) is 27.4 Å². The molecular formula is C24H17FN4O3. The number of carbonyl (C=O) groups is 1. The molecule has 7 nitrogen and oxygen atoms in total. The number of rotatable bonds is 5. The van der Waals surface area contributed by atoms with Gasteiger partial charge < -0.3 is 0 Å². The van der Waals surface area contributed by atoms with Gasteiger partial charge in [-0.1, -0.05) is 30.3 Å². The minimum absolute atomic E-state index is 0.0626. The molecule has 1 heterocycles. The lowest BCUT2D eigenvalue weighted by atomic mass is 10.0. The van der Waals surface area contributed by atoms with Crippen LogP contribution in [0.1, 0.15) is 22.8 Å². The van der Waals surface area contributed by atoms with Crippen molar-refractivity contribution < 1.29 is 14.1 Å². The van der Waals surface area contributed by atoms with Crippen LogP contribution in [-0.4, -0.2) is 21.5 Å². The third-order valence-corrected chi connectivity index (χ3v) is 4.90. The standard InChI is InChI=1S/C24H17FN4O3/c1-15(17-5-4-6-19(13-17)29(31)32)27-28-24(30)21-14-23(16-9-11-18(25)12-10-16)26-22-8-3-2-7-20(21)22/h2-14H,1H3,(H,28,30). The van der Waals surface area contributed by atoms with Crippen molar-refractivity contribution in [3.63, 3.8) is 0 Å². The Hall–Kier alpha value is -4.46. The second kappa shape index (κ2) is 8.73. The van der Waals surface area contributed by atoms with Crippen molar-refractivity contribution in [3.8, 4) is 11.3 Å². The Bertz CT molecular complexity index is 1370. The molecule has 158 valence electrons. The zero-order valence-electron chi connectivity index (χ0n) is 16.9. The Morgan fingerprint density at radius 3 is 2.53 bits per heavy atom. The van der Waals surface area contributed by atoms with Crippen LogP contribution in [0.2, 0.25) is 0 Å². The monoisotopic (exact) mass is 428 g/mol. The van der Waals surface area contributed by atoms with E-state index in [0.29, 0.717) is 39.0 Å². The summed E-state index contributed by atoms with van der Waals surface area (Å²) in [7, 11) is 0. The number of hydrazone groups is 1. The number of fused-ring (bicyclic) bond motifs is 1. The van der Waals surface area contributed by atoms with E-state index in [2.05, 4.69) is 15.5 Å². The maximum Gasteiger partial charge on any atom is 0.272 e. The molecular weight excluding hydrogens is 411 g/mol. The summed E-state index contributed by atoms with van der Waals surface area (Å²) in [6, 6.07) is 20.7. The third-order valence-electron chi connectivity index (χ3n) is 4.90. The summed E-state index contributed by atoms with van der Waals surface area (Å²) in [5, 5.41) is 15.7. The van der Waals surface area contributed by atoms with E-state index >= 15 is 0 Å². The smallest absolute Gasteiger partial charge is 0.267 e. The summed E-state index contributed by atoms with van der Waals surface area (Å²) >= 11 is 0. The van der Waals surface area contributed by atoms with Gasteiger partial charge in [-0.05, 0) is 43.3 Å². The van der Waals surface area contributed by atoms with E-state index in [-0.39, 0.29) is 11.5 Å². The minimum Gasteiger partial charge on any atom is -0.267 e. The van der Waals surface area contributed by atoms with Crippen molar-refractivity contribution in [1.82, 2.24) is 10.4 Å². The van der Waals surface area contributed by atoms with Gasteiger partial charge in [-0.15, -0.1) is 0 Å². The molecule has 4 aromatic rings. The quantitative estimate of drug-likeness (QED) is 0.272. The number of nitro benzene ring substituents is 1. The summed E-state index contributed by atoms with van der Waals surface area (Å²) in [4.78, 5) is 28.1. The van der Waals surface area contributed by atoms with Crippen molar-refractivity contribution >= 4 is 28.2 Å². The number of pyridine rings is 1. The number of aromatic nitrogens is 1. The molecule has 0 spiro atoms. The largest absolute Gasteiger partial charge is 0.272 e. The molecule has 0 aliphatic rings. The van der Waals surface area contributed by atoms with E-state index in [1.54, 1.807) is 55.5 Å². The first-order valence-electron chi connectivity index (χ1n) is 9.67. The maximum absolute atomic E-state index is 13.3. The molecule has 0 saturated carbocycles. The van der Waals surface area contributed by atoms with E-state index < -0.39 is 10.8 Å². The van der Waals surface area contributed by atoms with E-state index in [4.69, 9.17) is 0 Å². The van der Waals surface area contributed by atoms with Crippen molar-refractivity contribution in [2.75, 3.05) is 0 Å². The molecule has 0 aliphatic carbocycles. The van der Waals surface area contributed by atoms with E-state index in [1.165, 1.54) is 24.3 Å². The highest BCUT2D eigenvalue weighted by atomic mass is 19.1. The highest BCUT2D eigenvalue weighted by Gasteiger charge is 2.14. The number of nitro groups is 1. The minimum atomic E-state index is -0.491. The molecule has 0 bridgehead atoms. The highest BCUT2D eigenvalue weighted by Crippen LogP contribution is 2.25. The Morgan fingerprint density at radius 2 is 1.78 bits per heavy atom. The third kappa shape index (κ3) is 4.34. The number of nitrogens with one attached hydrogen (secondary N) is 1. The number of halogens is 1. The lowest BCUT2D eigenvalue weighted by Crippen LogP contribution is -2.20. The van der Waals surface area contributed by atoms with Crippen LogP contribution in [0.3, 0.4) is 0 Å². The van der Waals surface area contributed by atoms with Gasteiger partial charge in [0.1, 0.15) is 5.82 Å². The number of carbonyl (C=O) groups excluding carboxylic acids is 1. The van der Waals surface area contributed by atoms with E-state index in [1.807, 2.05) is 6.07 Å². The molecule has 0 saturated heterocycles. The van der Waals surface area contributed by atoms with Crippen LogP contribution in [-0.2, 0) is 0 Å². The van der Waals surface area contributed by atoms with Crippen LogP contribution >= 0.6 is 0 Å². The average Bonchev–Trinajstić information content (AvgIpc) is 2.82. The van der Waals surface area contributed by atoms with Crippen molar-refractivity contribution in [3.05, 3.63) is 106 Å². The first kappa shape index (κ1) is 20.8. The summed E-state index contributed by atoms with van der Waals surface area (Å²) < 4.78 is 13.3. The fraction of sp³-hybridized carbons (Fsp3) is 0.0417. The first-order chi connectivity index (χ1) is 15.4. The second-order valence-corrected chi connectivity index (χ2v) is 7.02. The van der Waals surface area contributed by atoms with Crippen LogP contribution < -0.4 is 5.43 Å². The number of nitrogens with zero attached hydrogens (tertiary/aromatic N) is 3. The fourth-order valence-electron chi connectivity index (χ4n) is 3.24. The summed E-state index contributed by atoms with van der Waals surface area (Å²) in [5.41, 5.74) is 5.54. The van der Waals surface area contributed by atoms with Gasteiger partial charge in [0.2, 0.25) is 0 Å². The Balaban J connectivity index is 1.68. The molecule has 1 aromatic heterocycles. The molecule has 3 aromatic carbocycles. The lowest BCUT2D eigenvalue weighted by Gasteiger charge is -2.09. The Morgan fingerprint density at radius 1 is 1.03 bits per heavy atom. The lowest BCUT2D eigenvalue weighted by molar-refractivity contribution is -0.384. The number of hydrogen-bond donors (Lipinski definition) is 1. The van der Waals surface area contributed by atoms with E-state index in [0.717, 1.165) is 0 Å². The highest BCUT2D eigenvalue weighted by molar-refractivity contribution is 6.08. The van der Waals surface area contributed by atoms with Crippen molar-refractivity contribution in [1.29, 1.82) is 0 Å². The molecule has 4 rings (SSSR count). The van der Waals surface area contributed by atoms with Crippen molar-refractivity contribution in [2.45, 2.75) is 6.92 Å². The Kier molecular flexibility index (Phi) is 5.67. The van der Waals surface area contributed by atoms with Crippen molar-refractivity contribution in [2.24, 2.45) is 5.10 Å². The molecule has 0 fully saturated rings. The summed E-state index contributed by atoms with van der Waals surface area (Å²) in [6.45, 7) is 1.65. The van der Waals surface area contributed by atoms with Crippen LogP contribution in [0, 0.1) is 15.9 Å². The molecule has 8 heteroatoms. The summed E-state index contributed by atoms with van der Waals surface area (Å²) in [5.74, 6) is -0.824. The normalized spacial score (nSPS) is 11.4. The predicted octanol–water partition coefficient (Wildman–Crippen LogP) is 5.10. The zero-order chi connectivity index (χ0) is 22.7. The zero-order valence-corrected chi connectivity index (χ0v) is 16.9. The fourth-order valence-corrected chi connectivity index (χ4v) is 3.24. The second-order valence-electron chi connectivity index (χ2n) is 7.02. The topological polar surface area (TPSA) is 97.5 Å².